The predicted octanol–water partition coefficient (Wildman–Crippen LogP) is 5.81. The Labute approximate surface area is 176 Å². The van der Waals surface area contributed by atoms with Gasteiger partial charge in [0.25, 0.3) is 0 Å². The van der Waals surface area contributed by atoms with Gasteiger partial charge in [-0.1, -0.05) is 54.6 Å². The van der Waals surface area contributed by atoms with Crippen LogP contribution < -0.4 is 0 Å². The van der Waals surface area contributed by atoms with E-state index in [0.717, 1.165) is 28.3 Å². The molecule has 0 bridgehead atoms. The summed E-state index contributed by atoms with van der Waals surface area (Å²) in [5, 5.41) is 2.29. The zero-order valence-corrected chi connectivity index (χ0v) is 17.0. The van der Waals surface area contributed by atoms with E-state index in [-0.39, 0.29) is 23.9 Å². The number of nitrogens with zero attached hydrogens (tertiary/aromatic N) is 1. The molecule has 2 fully saturated rings. The van der Waals surface area contributed by atoms with Crippen LogP contribution in [0.4, 0.5) is 4.39 Å². The van der Waals surface area contributed by atoms with Crippen molar-refractivity contribution in [2.45, 2.75) is 37.8 Å². The Hall–Kier alpha value is -2.72. The molecule has 5 rings (SSSR count). The van der Waals surface area contributed by atoms with Crippen molar-refractivity contribution in [2.24, 2.45) is 5.92 Å². The first-order chi connectivity index (χ1) is 14.7. The maximum Gasteiger partial charge on any atom is 0.223 e. The Morgan fingerprint density at radius 1 is 1.00 bits per heavy atom. The molecule has 3 aromatic carbocycles. The Morgan fingerprint density at radius 3 is 2.50 bits per heavy atom. The smallest absolute Gasteiger partial charge is 0.223 e. The van der Waals surface area contributed by atoms with Gasteiger partial charge >= 0.3 is 0 Å². The molecule has 30 heavy (non-hydrogen) atoms. The highest BCUT2D eigenvalue weighted by Crippen LogP contribution is 2.43. The molecule has 3 nitrogen and oxygen atoms in total. The van der Waals surface area contributed by atoms with Crippen LogP contribution in [-0.2, 0) is 9.53 Å². The van der Waals surface area contributed by atoms with Crippen molar-refractivity contribution >= 4 is 16.7 Å². The van der Waals surface area contributed by atoms with Crippen molar-refractivity contribution in [2.75, 3.05) is 13.2 Å². The first-order valence-electron chi connectivity index (χ1n) is 10.8. The summed E-state index contributed by atoms with van der Waals surface area (Å²) < 4.78 is 20.3. The van der Waals surface area contributed by atoms with Crippen LogP contribution in [0.1, 0.15) is 49.0 Å². The molecule has 0 radical (unpaired) electrons. The lowest BCUT2D eigenvalue weighted by Gasteiger charge is -2.36. The van der Waals surface area contributed by atoms with Crippen molar-refractivity contribution in [3.63, 3.8) is 0 Å². The largest absolute Gasteiger partial charge is 0.371 e. The fraction of sp³-hybridized carbons (Fsp3) is 0.346. The zero-order chi connectivity index (χ0) is 20.5. The number of carbonyl (C=O) groups is 1. The van der Waals surface area contributed by atoms with Gasteiger partial charge in [0, 0.05) is 13.0 Å². The summed E-state index contributed by atoms with van der Waals surface area (Å²) in [5.74, 6) is 0.473. The molecule has 3 aromatic rings. The van der Waals surface area contributed by atoms with E-state index in [2.05, 4.69) is 30.3 Å². The van der Waals surface area contributed by atoms with E-state index in [1.54, 1.807) is 12.1 Å². The van der Waals surface area contributed by atoms with Crippen LogP contribution in [0.5, 0.6) is 0 Å². The molecule has 0 N–H and O–H groups in total. The monoisotopic (exact) mass is 403 g/mol. The molecular formula is C26H26FNO2. The Balaban J connectivity index is 1.63. The van der Waals surface area contributed by atoms with Crippen LogP contribution in [0.15, 0.2) is 66.7 Å². The molecule has 4 heteroatoms. The number of likely N-dealkylation sites (tertiary alicyclic amines) is 1. The minimum Gasteiger partial charge on any atom is -0.371 e. The lowest BCUT2D eigenvalue weighted by Crippen LogP contribution is -2.35. The lowest BCUT2D eigenvalue weighted by atomic mass is 9.91. The zero-order valence-electron chi connectivity index (χ0n) is 17.0. The van der Waals surface area contributed by atoms with E-state index < -0.39 is 0 Å². The first-order valence-corrected chi connectivity index (χ1v) is 10.8. The maximum atomic E-state index is 13.7. The van der Waals surface area contributed by atoms with E-state index in [0.29, 0.717) is 25.5 Å². The van der Waals surface area contributed by atoms with E-state index in [9.17, 15) is 9.18 Å². The summed E-state index contributed by atoms with van der Waals surface area (Å²) in [6.45, 7) is 1.39. The Bertz CT molecular complexity index is 1040. The number of halogens is 1. The van der Waals surface area contributed by atoms with Gasteiger partial charge in [0.15, 0.2) is 0 Å². The van der Waals surface area contributed by atoms with E-state index >= 15 is 0 Å². The molecule has 0 aromatic heterocycles. The van der Waals surface area contributed by atoms with Gasteiger partial charge in [0.05, 0.1) is 12.6 Å². The minimum atomic E-state index is -0.302. The summed E-state index contributed by atoms with van der Waals surface area (Å²) in [6.07, 6.45) is 3.51. The SMILES string of the molecule is O=C1CCCN1C(c1ccc(F)cc1)C(OCC1CC1)c1cccc2ccccc12. The van der Waals surface area contributed by atoms with Crippen LogP contribution in [0.2, 0.25) is 0 Å². The third-order valence-electron chi connectivity index (χ3n) is 6.28. The molecule has 2 aliphatic rings. The second kappa shape index (κ2) is 8.19. The normalized spacial score (nSPS) is 18.7. The Morgan fingerprint density at radius 2 is 1.77 bits per heavy atom. The molecular weight excluding hydrogens is 377 g/mol. The summed E-state index contributed by atoms with van der Waals surface area (Å²) in [4.78, 5) is 14.7. The van der Waals surface area contributed by atoms with Gasteiger partial charge in [0.2, 0.25) is 5.91 Å². The summed E-state index contributed by atoms with van der Waals surface area (Å²) in [6, 6.07) is 20.8. The van der Waals surface area contributed by atoms with Crippen molar-refractivity contribution in [1.29, 1.82) is 0 Å². The van der Waals surface area contributed by atoms with Gasteiger partial charge in [-0.15, -0.1) is 0 Å². The van der Waals surface area contributed by atoms with Gasteiger partial charge < -0.3 is 9.64 Å². The van der Waals surface area contributed by atoms with Crippen LogP contribution in [-0.4, -0.2) is 24.0 Å². The van der Waals surface area contributed by atoms with Crippen LogP contribution in [0, 0.1) is 11.7 Å². The third-order valence-corrected chi connectivity index (χ3v) is 6.28. The third kappa shape index (κ3) is 3.84. The molecule has 1 saturated carbocycles. The molecule has 1 saturated heterocycles. The van der Waals surface area contributed by atoms with Gasteiger partial charge in [-0.05, 0) is 59.2 Å². The van der Waals surface area contributed by atoms with E-state index in [4.69, 9.17) is 4.74 Å². The molecule has 154 valence electrons. The molecule has 0 spiro atoms. The average Bonchev–Trinajstić information content (AvgIpc) is 3.51. The summed E-state index contributed by atoms with van der Waals surface area (Å²) in [7, 11) is 0. The number of fused-ring (bicyclic) bond motifs is 1. The van der Waals surface area contributed by atoms with Gasteiger partial charge in [-0.2, -0.15) is 0 Å². The van der Waals surface area contributed by atoms with E-state index in [1.165, 1.54) is 25.0 Å². The second-order valence-corrected chi connectivity index (χ2v) is 8.45. The predicted molar refractivity (Wildman–Crippen MR) is 115 cm³/mol. The highest BCUT2D eigenvalue weighted by atomic mass is 19.1. The van der Waals surface area contributed by atoms with Crippen molar-refractivity contribution in [1.82, 2.24) is 4.90 Å². The number of amides is 1. The number of hydrogen-bond acceptors (Lipinski definition) is 2. The number of carbonyl (C=O) groups excluding carboxylic acids is 1. The lowest BCUT2D eigenvalue weighted by molar-refractivity contribution is -0.133. The van der Waals surface area contributed by atoms with Crippen LogP contribution in [0.3, 0.4) is 0 Å². The molecule has 2 unspecified atom stereocenters. The molecule has 1 heterocycles. The number of hydrogen-bond donors (Lipinski definition) is 0. The van der Waals surface area contributed by atoms with Crippen molar-refractivity contribution < 1.29 is 13.9 Å². The van der Waals surface area contributed by atoms with Crippen molar-refractivity contribution in [3.05, 3.63) is 83.7 Å². The van der Waals surface area contributed by atoms with Gasteiger partial charge in [0.1, 0.15) is 11.9 Å². The summed E-state index contributed by atoms with van der Waals surface area (Å²) in [5.41, 5.74) is 2.00. The number of ether oxygens (including phenoxy) is 1. The molecule has 2 atom stereocenters. The fourth-order valence-corrected chi connectivity index (χ4v) is 4.52. The topological polar surface area (TPSA) is 29.5 Å². The first kappa shape index (κ1) is 19.3. The highest BCUT2D eigenvalue weighted by molar-refractivity contribution is 5.86. The van der Waals surface area contributed by atoms with Gasteiger partial charge in [-0.3, -0.25) is 4.79 Å². The van der Waals surface area contributed by atoms with Crippen molar-refractivity contribution in [3.8, 4) is 0 Å². The maximum absolute atomic E-state index is 13.7. The molecule has 1 aliphatic heterocycles. The highest BCUT2D eigenvalue weighted by Gasteiger charge is 2.38. The molecule has 1 amide bonds. The van der Waals surface area contributed by atoms with Crippen LogP contribution in [0.25, 0.3) is 10.8 Å². The van der Waals surface area contributed by atoms with Crippen LogP contribution >= 0.6 is 0 Å². The Kier molecular flexibility index (Phi) is 5.26. The quantitative estimate of drug-likeness (QED) is 0.498. The van der Waals surface area contributed by atoms with Gasteiger partial charge in [-0.25, -0.2) is 4.39 Å². The standard InChI is InChI=1S/C26H26FNO2/c27-21-14-12-20(13-15-21)25(28-16-4-9-24(28)29)26(30-17-18-10-11-18)23-8-3-6-19-5-1-2-7-22(19)23/h1-3,5-8,12-15,18,25-26H,4,9-11,16-17H2. The number of benzene rings is 3. The minimum absolute atomic E-state index is 0.143. The number of rotatable bonds is 7. The van der Waals surface area contributed by atoms with E-state index in [1.807, 2.05) is 17.0 Å². The average molecular weight is 403 g/mol. The molecule has 1 aliphatic carbocycles. The summed E-state index contributed by atoms with van der Waals surface area (Å²) >= 11 is 0. The fourth-order valence-electron chi connectivity index (χ4n) is 4.52. The second-order valence-electron chi connectivity index (χ2n) is 8.45.